The van der Waals surface area contributed by atoms with Crippen LogP contribution in [-0.4, -0.2) is 13.7 Å². The largest absolute Gasteiger partial charge is 0.309 e. The average Bonchev–Trinajstić information content (AvgIpc) is 3.80. The van der Waals surface area contributed by atoms with Crippen molar-refractivity contribution in [2.45, 2.75) is 0 Å². The monoisotopic (exact) mass is 621 g/mol. The van der Waals surface area contributed by atoms with Gasteiger partial charge in [-0.15, -0.1) is 0 Å². The fourth-order valence-corrected chi connectivity index (χ4v) is 8.93. The van der Waals surface area contributed by atoms with Crippen molar-refractivity contribution < 1.29 is 0 Å². The molecule has 0 unspecified atom stereocenters. The van der Waals surface area contributed by atoms with Crippen molar-refractivity contribution in [1.82, 2.24) is 13.7 Å². The molecule has 3 aromatic heterocycles. The fraction of sp³-hybridized carbons (Fsp3) is 0. The number of para-hydroxylation sites is 1. The summed E-state index contributed by atoms with van der Waals surface area (Å²) in [7, 11) is 0. The van der Waals surface area contributed by atoms with E-state index < -0.39 is 0 Å². The van der Waals surface area contributed by atoms with Crippen LogP contribution >= 0.6 is 0 Å². The molecule has 0 bridgehead atoms. The smallest absolute Gasteiger partial charge is 0.0547 e. The molecular weight excluding hydrogens is 595 g/mol. The molecule has 9 aromatic carbocycles. The van der Waals surface area contributed by atoms with Crippen molar-refractivity contribution in [1.29, 1.82) is 0 Å². The molecule has 0 fully saturated rings. The third kappa shape index (κ3) is 3.22. The number of rotatable bonds is 3. The van der Waals surface area contributed by atoms with Crippen LogP contribution in [-0.2, 0) is 0 Å². The predicted octanol–water partition coefficient (Wildman–Crippen LogP) is 12.2. The molecular formula is C46H27N3. The van der Waals surface area contributed by atoms with Gasteiger partial charge in [-0.3, -0.25) is 0 Å². The van der Waals surface area contributed by atoms with Crippen molar-refractivity contribution in [2.75, 3.05) is 0 Å². The minimum absolute atomic E-state index is 1.16. The second kappa shape index (κ2) is 9.06. The molecule has 12 rings (SSSR count). The minimum Gasteiger partial charge on any atom is -0.309 e. The summed E-state index contributed by atoms with van der Waals surface area (Å²) in [6.07, 6.45) is 0. The highest BCUT2D eigenvalue weighted by molar-refractivity contribution is 6.25. The van der Waals surface area contributed by atoms with Crippen LogP contribution in [0.2, 0.25) is 0 Å². The van der Waals surface area contributed by atoms with Gasteiger partial charge in [0.2, 0.25) is 0 Å². The third-order valence-corrected chi connectivity index (χ3v) is 10.9. The fourth-order valence-electron chi connectivity index (χ4n) is 8.93. The van der Waals surface area contributed by atoms with Crippen LogP contribution in [0.5, 0.6) is 0 Å². The number of benzene rings is 9. The first-order valence-electron chi connectivity index (χ1n) is 16.9. The van der Waals surface area contributed by atoms with Crippen LogP contribution in [0.4, 0.5) is 0 Å². The van der Waals surface area contributed by atoms with Crippen LogP contribution in [0.3, 0.4) is 0 Å². The van der Waals surface area contributed by atoms with Crippen molar-refractivity contribution in [2.24, 2.45) is 0 Å². The number of nitrogens with zero attached hydrogens (tertiary/aromatic N) is 3. The Balaban J connectivity index is 1.19. The Morgan fingerprint density at radius 2 is 0.612 bits per heavy atom. The number of fused-ring (bicyclic) bond motifs is 3. The second-order valence-corrected chi connectivity index (χ2v) is 13.4. The molecule has 0 N–H and O–H groups in total. The Labute approximate surface area is 280 Å². The van der Waals surface area contributed by atoms with Crippen LogP contribution in [0.15, 0.2) is 164 Å². The normalized spacial score (nSPS) is 12.5. The summed E-state index contributed by atoms with van der Waals surface area (Å²) in [6, 6.07) is 60.5. The van der Waals surface area contributed by atoms with Gasteiger partial charge in [-0.2, -0.15) is 0 Å². The van der Waals surface area contributed by atoms with Gasteiger partial charge >= 0.3 is 0 Å². The van der Waals surface area contributed by atoms with E-state index in [9.17, 15) is 0 Å². The van der Waals surface area contributed by atoms with Crippen LogP contribution in [0.1, 0.15) is 0 Å². The molecule has 3 nitrogen and oxygen atoms in total. The number of hydrogen-bond donors (Lipinski definition) is 0. The van der Waals surface area contributed by atoms with Gasteiger partial charge in [0.05, 0.1) is 33.1 Å². The molecule has 0 saturated carbocycles. The lowest BCUT2D eigenvalue weighted by atomic mass is 10.0. The predicted molar refractivity (Wildman–Crippen MR) is 207 cm³/mol. The zero-order valence-electron chi connectivity index (χ0n) is 26.4. The Morgan fingerprint density at radius 3 is 1.00 bits per heavy atom. The van der Waals surface area contributed by atoms with Crippen molar-refractivity contribution in [3.05, 3.63) is 164 Å². The zero-order chi connectivity index (χ0) is 31.8. The van der Waals surface area contributed by atoms with Crippen molar-refractivity contribution >= 4 is 87.0 Å². The van der Waals surface area contributed by atoms with E-state index in [1.165, 1.54) is 98.3 Å². The first kappa shape index (κ1) is 25.5. The zero-order valence-corrected chi connectivity index (χ0v) is 26.4. The molecule has 12 aromatic rings. The summed E-state index contributed by atoms with van der Waals surface area (Å²) in [5.74, 6) is 0. The van der Waals surface area contributed by atoms with Gasteiger partial charge < -0.3 is 13.7 Å². The Hall–Kier alpha value is -6.58. The summed E-state index contributed by atoms with van der Waals surface area (Å²) in [5.41, 5.74) is 10.9. The quantitative estimate of drug-likeness (QED) is 0.174. The molecule has 0 saturated heterocycles. The number of aromatic nitrogens is 3. The first-order chi connectivity index (χ1) is 24.3. The highest BCUT2D eigenvalue weighted by Crippen LogP contribution is 2.42. The van der Waals surface area contributed by atoms with E-state index >= 15 is 0 Å². The topological polar surface area (TPSA) is 14.8 Å². The van der Waals surface area contributed by atoms with Gasteiger partial charge in [0.15, 0.2) is 0 Å². The standard InChI is InChI=1S/C46H27N3/c1-2-12-32(13-3-1)47-37-24-22-33(48-39-14-4-8-28-18-19-29-9-5-15-40(48)44(29)43(28)39)26-35(37)36-27-34(23-25-38(36)47)49-41-16-6-10-30-20-21-31-11-7-17-42(49)46(31)45(30)41/h1-27H. The molecule has 0 radical (unpaired) electrons. The molecule has 0 aliphatic heterocycles. The van der Waals surface area contributed by atoms with E-state index in [1.54, 1.807) is 0 Å². The average molecular weight is 622 g/mol. The van der Waals surface area contributed by atoms with E-state index in [2.05, 4.69) is 177 Å². The van der Waals surface area contributed by atoms with Crippen LogP contribution < -0.4 is 0 Å². The second-order valence-electron chi connectivity index (χ2n) is 13.4. The summed E-state index contributed by atoms with van der Waals surface area (Å²) >= 11 is 0. The summed E-state index contributed by atoms with van der Waals surface area (Å²) in [5, 5.41) is 12.9. The molecule has 0 atom stereocenters. The van der Waals surface area contributed by atoms with Gasteiger partial charge in [-0.1, -0.05) is 91.0 Å². The van der Waals surface area contributed by atoms with E-state index in [1.807, 2.05) is 0 Å². The third-order valence-electron chi connectivity index (χ3n) is 10.9. The van der Waals surface area contributed by atoms with E-state index in [-0.39, 0.29) is 0 Å². The lowest BCUT2D eigenvalue weighted by Crippen LogP contribution is -1.96. The maximum absolute atomic E-state index is 2.46. The van der Waals surface area contributed by atoms with Crippen molar-refractivity contribution in [3.63, 3.8) is 0 Å². The van der Waals surface area contributed by atoms with Gasteiger partial charge in [-0.05, 0) is 94.3 Å². The molecule has 0 spiro atoms. The SMILES string of the molecule is c1ccc(-n2c3ccc(-n4c5cccc6ccc7cccc4c7c65)cc3c3cc(-n4c5cccc6ccc7cccc4c7c65)ccc32)cc1. The van der Waals surface area contributed by atoms with Crippen molar-refractivity contribution in [3.8, 4) is 17.1 Å². The number of hydrogen-bond acceptors (Lipinski definition) is 0. The minimum atomic E-state index is 1.16. The summed E-state index contributed by atoms with van der Waals surface area (Å²) < 4.78 is 7.33. The Bertz CT molecular complexity index is 2930. The van der Waals surface area contributed by atoms with Crippen LogP contribution in [0, 0.1) is 0 Å². The van der Waals surface area contributed by atoms with E-state index in [0.29, 0.717) is 0 Å². The summed E-state index contributed by atoms with van der Waals surface area (Å²) in [4.78, 5) is 0. The van der Waals surface area contributed by atoms with E-state index in [0.717, 1.165) is 5.69 Å². The molecule has 0 aliphatic rings. The highest BCUT2D eigenvalue weighted by atomic mass is 15.0. The Morgan fingerprint density at radius 1 is 0.245 bits per heavy atom. The van der Waals surface area contributed by atoms with Crippen LogP contribution in [0.25, 0.3) is 104 Å². The molecule has 0 amide bonds. The van der Waals surface area contributed by atoms with Gasteiger partial charge in [0, 0.05) is 49.4 Å². The van der Waals surface area contributed by atoms with Gasteiger partial charge in [-0.25, -0.2) is 0 Å². The van der Waals surface area contributed by atoms with Gasteiger partial charge in [0.1, 0.15) is 0 Å². The molecule has 3 heteroatoms. The molecule has 0 aliphatic carbocycles. The maximum atomic E-state index is 2.46. The maximum Gasteiger partial charge on any atom is 0.0547 e. The summed E-state index contributed by atoms with van der Waals surface area (Å²) in [6.45, 7) is 0. The lowest BCUT2D eigenvalue weighted by molar-refractivity contribution is 1.16. The van der Waals surface area contributed by atoms with E-state index in [4.69, 9.17) is 0 Å². The molecule has 226 valence electrons. The first-order valence-corrected chi connectivity index (χ1v) is 16.9. The van der Waals surface area contributed by atoms with Gasteiger partial charge in [0.25, 0.3) is 0 Å². The Kier molecular flexibility index (Phi) is 4.72. The molecule has 49 heavy (non-hydrogen) atoms. The highest BCUT2D eigenvalue weighted by Gasteiger charge is 2.21. The lowest BCUT2D eigenvalue weighted by Gasteiger charge is -2.10. The molecule has 3 heterocycles.